The highest BCUT2D eigenvalue weighted by molar-refractivity contribution is 5.97. The van der Waals surface area contributed by atoms with Crippen molar-refractivity contribution in [1.29, 1.82) is 0 Å². The molecule has 0 atom stereocenters. The topological polar surface area (TPSA) is 76.2 Å². The number of rotatable bonds is 4. The molecule has 104 valence electrons. The Morgan fingerprint density at radius 1 is 1.35 bits per heavy atom. The van der Waals surface area contributed by atoms with Gasteiger partial charge in [0.25, 0.3) is 5.89 Å². The van der Waals surface area contributed by atoms with Gasteiger partial charge in [0.1, 0.15) is 0 Å². The van der Waals surface area contributed by atoms with E-state index in [1.54, 1.807) is 13.0 Å². The van der Waals surface area contributed by atoms with Gasteiger partial charge in [-0.05, 0) is 43.7 Å². The second-order valence-electron chi connectivity index (χ2n) is 5.42. The molecule has 5 heteroatoms. The van der Waals surface area contributed by atoms with E-state index in [0.717, 1.165) is 12.0 Å². The maximum absolute atomic E-state index is 11.5. The summed E-state index contributed by atoms with van der Waals surface area (Å²) in [6.45, 7) is 3.62. The number of aryl methyl sites for hydroxylation is 2. The van der Waals surface area contributed by atoms with Gasteiger partial charge in [0, 0.05) is 6.42 Å². The summed E-state index contributed by atoms with van der Waals surface area (Å²) >= 11 is 0. The van der Waals surface area contributed by atoms with Gasteiger partial charge in [-0.15, -0.1) is 0 Å². The summed E-state index contributed by atoms with van der Waals surface area (Å²) < 4.78 is 5.28. The monoisotopic (exact) mass is 272 g/mol. The number of aromatic carboxylic acids is 1. The number of nitrogens with zero attached hydrogens (tertiary/aromatic N) is 2. The molecule has 1 aromatic heterocycles. The van der Waals surface area contributed by atoms with Crippen molar-refractivity contribution < 1.29 is 14.4 Å². The van der Waals surface area contributed by atoms with Crippen molar-refractivity contribution in [2.75, 3.05) is 0 Å². The van der Waals surface area contributed by atoms with Crippen LogP contribution in [0, 0.1) is 19.8 Å². The van der Waals surface area contributed by atoms with Crippen LogP contribution in [0.25, 0.3) is 11.5 Å². The Labute approximate surface area is 116 Å². The molecule has 1 saturated carbocycles. The molecule has 0 amide bonds. The summed E-state index contributed by atoms with van der Waals surface area (Å²) in [7, 11) is 0. The molecule has 3 rings (SSSR count). The lowest BCUT2D eigenvalue weighted by atomic mass is 9.97. The number of benzene rings is 1. The van der Waals surface area contributed by atoms with Crippen LogP contribution in [-0.2, 0) is 6.42 Å². The molecule has 1 heterocycles. The number of hydrogen-bond acceptors (Lipinski definition) is 4. The Kier molecular flexibility index (Phi) is 3.04. The van der Waals surface area contributed by atoms with Gasteiger partial charge in [0.2, 0.25) is 0 Å². The Hall–Kier alpha value is -2.17. The highest BCUT2D eigenvalue weighted by Gasteiger charge is 2.26. The van der Waals surface area contributed by atoms with Gasteiger partial charge in [-0.3, -0.25) is 0 Å². The molecular formula is C15H16N2O3. The molecule has 20 heavy (non-hydrogen) atoms. The number of carboxylic acids is 1. The van der Waals surface area contributed by atoms with Gasteiger partial charge < -0.3 is 9.63 Å². The maximum atomic E-state index is 11.5. The summed E-state index contributed by atoms with van der Waals surface area (Å²) in [5.41, 5.74) is 2.30. The van der Waals surface area contributed by atoms with Crippen molar-refractivity contribution in [3.63, 3.8) is 0 Å². The number of aromatic nitrogens is 2. The lowest BCUT2D eigenvalue weighted by molar-refractivity contribution is 0.0696. The van der Waals surface area contributed by atoms with E-state index < -0.39 is 5.97 Å². The molecule has 1 N–H and O–H groups in total. The van der Waals surface area contributed by atoms with Crippen LogP contribution in [0.2, 0.25) is 0 Å². The number of hydrogen-bond donors (Lipinski definition) is 1. The van der Waals surface area contributed by atoms with Crippen molar-refractivity contribution in [2.45, 2.75) is 33.1 Å². The zero-order valence-electron chi connectivity index (χ0n) is 11.5. The average molecular weight is 272 g/mol. The highest BCUT2D eigenvalue weighted by atomic mass is 16.5. The summed E-state index contributed by atoms with van der Waals surface area (Å²) in [6, 6.07) is 3.67. The Morgan fingerprint density at radius 2 is 2.05 bits per heavy atom. The normalized spacial score (nSPS) is 14.5. The molecule has 5 nitrogen and oxygen atoms in total. The molecule has 2 aromatic rings. The molecule has 0 saturated heterocycles. The van der Waals surface area contributed by atoms with Gasteiger partial charge in [0.05, 0.1) is 11.1 Å². The summed E-state index contributed by atoms with van der Waals surface area (Å²) in [5.74, 6) is 0.667. The zero-order valence-corrected chi connectivity index (χ0v) is 11.5. The van der Waals surface area contributed by atoms with Crippen molar-refractivity contribution in [3.8, 4) is 11.5 Å². The number of carbonyl (C=O) groups is 1. The predicted octanol–water partition coefficient (Wildman–Crippen LogP) is 3.00. The molecule has 0 aliphatic heterocycles. The largest absolute Gasteiger partial charge is 0.478 e. The van der Waals surface area contributed by atoms with Crippen molar-refractivity contribution >= 4 is 5.97 Å². The van der Waals surface area contributed by atoms with Crippen molar-refractivity contribution in [3.05, 3.63) is 34.6 Å². The third-order valence-electron chi connectivity index (χ3n) is 3.69. The molecule has 1 fully saturated rings. The Morgan fingerprint density at radius 3 is 2.70 bits per heavy atom. The third-order valence-corrected chi connectivity index (χ3v) is 3.69. The van der Waals surface area contributed by atoms with Crippen molar-refractivity contribution in [2.24, 2.45) is 5.92 Å². The second kappa shape index (κ2) is 4.74. The number of carboxylic acid groups (broad SMARTS) is 1. The highest BCUT2D eigenvalue weighted by Crippen LogP contribution is 2.33. The predicted molar refractivity (Wildman–Crippen MR) is 72.6 cm³/mol. The molecule has 0 spiro atoms. The molecule has 1 aliphatic carbocycles. The minimum absolute atomic E-state index is 0.242. The van der Waals surface area contributed by atoms with Crippen molar-refractivity contribution in [1.82, 2.24) is 10.1 Å². The first-order chi connectivity index (χ1) is 9.56. The second-order valence-corrected chi connectivity index (χ2v) is 5.42. The molecule has 1 aromatic carbocycles. The van der Waals surface area contributed by atoms with E-state index in [9.17, 15) is 9.90 Å². The van der Waals surface area contributed by atoms with Gasteiger partial charge in [0.15, 0.2) is 5.82 Å². The molecule has 0 radical (unpaired) electrons. The van der Waals surface area contributed by atoms with Gasteiger partial charge in [-0.2, -0.15) is 4.98 Å². The van der Waals surface area contributed by atoms with Crippen LogP contribution in [0.1, 0.15) is 40.2 Å². The van der Waals surface area contributed by atoms with E-state index in [-0.39, 0.29) is 5.56 Å². The smallest absolute Gasteiger partial charge is 0.336 e. The van der Waals surface area contributed by atoms with Crippen LogP contribution in [-0.4, -0.2) is 21.2 Å². The summed E-state index contributed by atoms with van der Waals surface area (Å²) in [4.78, 5) is 15.8. The molecule has 1 aliphatic rings. The Balaban J connectivity index is 2.05. The van der Waals surface area contributed by atoms with E-state index in [4.69, 9.17) is 4.52 Å². The van der Waals surface area contributed by atoms with E-state index in [1.165, 1.54) is 12.8 Å². The molecule has 0 bridgehead atoms. The van der Waals surface area contributed by atoms with E-state index in [0.29, 0.717) is 28.8 Å². The van der Waals surface area contributed by atoms with Crippen LogP contribution in [0.5, 0.6) is 0 Å². The fraction of sp³-hybridized carbons (Fsp3) is 0.400. The van der Waals surface area contributed by atoms with Crippen LogP contribution in [0.3, 0.4) is 0 Å². The van der Waals surface area contributed by atoms with Crippen LogP contribution in [0.4, 0.5) is 0 Å². The Bertz CT molecular complexity index is 672. The van der Waals surface area contributed by atoms with Gasteiger partial charge >= 0.3 is 5.97 Å². The van der Waals surface area contributed by atoms with E-state index in [1.807, 2.05) is 13.0 Å². The standard InChI is InChI=1S/C15H16N2O3/c1-8-3-4-9(2)13(15(18)19)12(8)14-16-11(17-20-14)7-10-5-6-10/h3-4,10H,5-7H2,1-2H3,(H,18,19). The van der Waals surface area contributed by atoms with Crippen LogP contribution >= 0.6 is 0 Å². The SMILES string of the molecule is Cc1ccc(C)c(-c2nc(CC3CC3)no2)c1C(=O)O. The van der Waals surface area contributed by atoms with E-state index >= 15 is 0 Å². The van der Waals surface area contributed by atoms with Crippen LogP contribution < -0.4 is 0 Å². The summed E-state index contributed by atoms with van der Waals surface area (Å²) in [6.07, 6.45) is 3.25. The minimum atomic E-state index is -0.969. The fourth-order valence-corrected chi connectivity index (χ4v) is 2.38. The first-order valence-electron chi connectivity index (χ1n) is 6.72. The fourth-order valence-electron chi connectivity index (χ4n) is 2.38. The first kappa shape index (κ1) is 12.8. The average Bonchev–Trinajstić information content (AvgIpc) is 3.08. The lowest BCUT2D eigenvalue weighted by Crippen LogP contribution is -2.04. The summed E-state index contributed by atoms with van der Waals surface area (Å²) in [5, 5.41) is 13.4. The van der Waals surface area contributed by atoms with E-state index in [2.05, 4.69) is 10.1 Å². The zero-order chi connectivity index (χ0) is 14.3. The maximum Gasteiger partial charge on any atom is 0.336 e. The quantitative estimate of drug-likeness (QED) is 0.925. The minimum Gasteiger partial charge on any atom is -0.478 e. The van der Waals surface area contributed by atoms with Crippen LogP contribution in [0.15, 0.2) is 16.7 Å². The van der Waals surface area contributed by atoms with Gasteiger partial charge in [-0.1, -0.05) is 17.3 Å². The first-order valence-corrected chi connectivity index (χ1v) is 6.72. The molecular weight excluding hydrogens is 256 g/mol. The van der Waals surface area contributed by atoms with Gasteiger partial charge in [-0.25, -0.2) is 4.79 Å². The molecule has 0 unspecified atom stereocenters. The lowest BCUT2D eigenvalue weighted by Gasteiger charge is -2.08. The third kappa shape index (κ3) is 2.31.